The number of nitrogens with zero attached hydrogens (tertiary/aromatic N) is 1. The van der Waals surface area contributed by atoms with E-state index in [1.807, 2.05) is 0 Å². The van der Waals surface area contributed by atoms with Gasteiger partial charge >= 0.3 is 12.1 Å². The molecule has 4 nitrogen and oxygen atoms in total. The lowest BCUT2D eigenvalue weighted by molar-refractivity contribution is -0.701. The van der Waals surface area contributed by atoms with Gasteiger partial charge in [-0.3, -0.25) is 0 Å². The Hall–Kier alpha value is -2.41. The molecule has 23 heavy (non-hydrogen) atoms. The van der Waals surface area contributed by atoms with Crippen LogP contribution in [0.3, 0.4) is 0 Å². The molecule has 1 atom stereocenters. The number of rotatable bonds is 3. The molecule has 2 aromatic rings. The van der Waals surface area contributed by atoms with Crippen molar-refractivity contribution in [3.8, 4) is 0 Å². The monoisotopic (exact) mass is 324 g/mol. The van der Waals surface area contributed by atoms with Crippen molar-refractivity contribution >= 4 is 5.97 Å². The van der Waals surface area contributed by atoms with Crippen LogP contribution in [0.25, 0.3) is 0 Å². The zero-order valence-electron chi connectivity index (χ0n) is 11.9. The molecule has 0 N–H and O–H groups in total. The molecular weight excluding hydrogens is 311 g/mol. The fraction of sp³-hybridized carbons (Fsp3) is 0.250. The molecule has 1 aromatic heterocycles. The molecule has 0 saturated carbocycles. The normalized spacial score (nSPS) is 18.0. The van der Waals surface area contributed by atoms with E-state index >= 15 is 0 Å². The van der Waals surface area contributed by atoms with Crippen molar-refractivity contribution < 1.29 is 32.0 Å². The van der Waals surface area contributed by atoms with E-state index in [0.29, 0.717) is 17.8 Å². The van der Waals surface area contributed by atoms with E-state index < -0.39 is 24.0 Å². The third-order valence-corrected chi connectivity index (χ3v) is 3.44. The predicted octanol–water partition coefficient (Wildman–Crippen LogP) is 2.61. The van der Waals surface area contributed by atoms with Crippen LogP contribution in [0, 0.1) is 0 Å². The Bertz CT molecular complexity index is 713. The Kier molecular flexibility index (Phi) is 4.04. The van der Waals surface area contributed by atoms with Gasteiger partial charge in [-0.2, -0.15) is 17.7 Å². The first kappa shape index (κ1) is 15.5. The maximum atomic E-state index is 12.6. The van der Waals surface area contributed by atoms with Crippen molar-refractivity contribution in [2.24, 2.45) is 0 Å². The summed E-state index contributed by atoms with van der Waals surface area (Å²) in [5.41, 5.74) is 0.630. The zero-order valence-corrected chi connectivity index (χ0v) is 11.9. The minimum Gasteiger partial charge on any atom is -0.423 e. The van der Waals surface area contributed by atoms with Crippen LogP contribution in [-0.4, -0.2) is 12.6 Å². The van der Waals surface area contributed by atoms with Crippen LogP contribution < -0.4 is 4.57 Å². The van der Waals surface area contributed by atoms with Crippen LogP contribution in [0.4, 0.5) is 13.2 Å². The number of hydrogen-bond acceptors (Lipinski definition) is 3. The van der Waals surface area contributed by atoms with Gasteiger partial charge in [-0.05, 0) is 18.2 Å². The minimum absolute atomic E-state index is 0.111. The molecule has 0 amide bonds. The third kappa shape index (κ3) is 3.50. The topological polar surface area (TPSA) is 39.4 Å². The molecule has 3 rings (SSSR count). The molecule has 1 aromatic carbocycles. The van der Waals surface area contributed by atoms with Crippen LogP contribution in [0.1, 0.15) is 23.1 Å². The van der Waals surface area contributed by atoms with Crippen LogP contribution in [0.15, 0.2) is 48.7 Å². The van der Waals surface area contributed by atoms with Crippen LogP contribution in [0.2, 0.25) is 0 Å². The highest BCUT2D eigenvalue weighted by atomic mass is 19.4. The number of carbonyl (C=O) groups excluding carboxylic acids is 1. The first-order valence-electron chi connectivity index (χ1n) is 6.89. The van der Waals surface area contributed by atoms with Gasteiger partial charge in [0, 0.05) is 17.7 Å². The van der Waals surface area contributed by atoms with Gasteiger partial charge in [-0.25, -0.2) is 4.79 Å². The van der Waals surface area contributed by atoms with Crippen molar-refractivity contribution in [2.75, 3.05) is 6.61 Å². The van der Waals surface area contributed by atoms with E-state index in [1.165, 1.54) is 12.1 Å². The molecule has 0 aliphatic carbocycles. The van der Waals surface area contributed by atoms with E-state index in [0.717, 1.165) is 12.1 Å². The maximum absolute atomic E-state index is 12.6. The lowest BCUT2D eigenvalue weighted by atomic mass is 10.1. The first-order chi connectivity index (χ1) is 10.9. The maximum Gasteiger partial charge on any atom is 0.416 e. The number of carbonyl (C=O) groups is 1. The molecular formula is C16H13F3NO3+. The van der Waals surface area contributed by atoms with Crippen LogP contribution in [0.5, 0.6) is 0 Å². The van der Waals surface area contributed by atoms with Crippen molar-refractivity contribution in [3.05, 3.63) is 65.5 Å². The molecule has 1 saturated heterocycles. The van der Waals surface area contributed by atoms with E-state index in [-0.39, 0.29) is 6.61 Å². The number of cyclic esters (lactones) is 1. The van der Waals surface area contributed by atoms with Gasteiger partial charge in [0.2, 0.25) is 0 Å². The fourth-order valence-electron chi connectivity index (χ4n) is 2.32. The smallest absolute Gasteiger partial charge is 0.416 e. The first-order valence-corrected chi connectivity index (χ1v) is 6.89. The Morgan fingerprint density at radius 3 is 2.48 bits per heavy atom. The molecule has 1 aliphatic heterocycles. The van der Waals surface area contributed by atoms with Crippen LogP contribution >= 0.6 is 0 Å². The second kappa shape index (κ2) is 6.00. The highest BCUT2D eigenvalue weighted by molar-refractivity contribution is 5.72. The highest BCUT2D eigenvalue weighted by Gasteiger charge is 2.33. The molecule has 120 valence electrons. The number of alkyl halides is 3. The average Bonchev–Trinajstić information content (AvgIpc) is 2.94. The van der Waals surface area contributed by atoms with E-state index in [4.69, 9.17) is 9.47 Å². The lowest BCUT2D eigenvalue weighted by Gasteiger charge is -2.09. The van der Waals surface area contributed by atoms with Crippen molar-refractivity contribution in [1.82, 2.24) is 0 Å². The number of ether oxygens (including phenoxy) is 2. The molecule has 7 heteroatoms. The van der Waals surface area contributed by atoms with Crippen molar-refractivity contribution in [1.29, 1.82) is 0 Å². The number of hydrogen-bond donors (Lipinski definition) is 0. The van der Waals surface area contributed by atoms with Gasteiger partial charge in [0.15, 0.2) is 12.7 Å². The Morgan fingerprint density at radius 1 is 1.13 bits per heavy atom. The summed E-state index contributed by atoms with van der Waals surface area (Å²) in [6.07, 6.45) is -3.39. The highest BCUT2D eigenvalue weighted by Crippen LogP contribution is 2.29. The number of halogens is 3. The third-order valence-electron chi connectivity index (χ3n) is 3.44. The molecule has 1 aliphatic rings. The Morgan fingerprint density at radius 2 is 1.87 bits per heavy atom. The second-order valence-corrected chi connectivity index (χ2v) is 5.08. The summed E-state index contributed by atoms with van der Waals surface area (Å²) in [6.45, 7) is 0.228. The summed E-state index contributed by atoms with van der Waals surface area (Å²) in [5, 5.41) is 0. The lowest BCUT2D eigenvalue weighted by Crippen LogP contribution is -2.40. The second-order valence-electron chi connectivity index (χ2n) is 5.08. The van der Waals surface area contributed by atoms with Gasteiger partial charge in [0.05, 0.1) is 5.56 Å². The standard InChI is InChI=1S/C16H13F3NO3/c17-16(18,19)12-6-4-11(5-7-12)9-20-8-2-1-3-13(20)15-22-10-14(21)23-15/h1-8,15H,9-10H2/q+1. The Labute approximate surface area is 130 Å². The SMILES string of the molecule is O=C1COC(c2cccc[n+]2Cc2ccc(C(F)(F)F)cc2)O1. The predicted molar refractivity (Wildman–Crippen MR) is 72.0 cm³/mol. The van der Waals surface area contributed by atoms with Crippen molar-refractivity contribution in [2.45, 2.75) is 19.0 Å². The number of benzene rings is 1. The summed E-state index contributed by atoms with van der Waals surface area (Å²) in [6, 6.07) is 10.2. The molecule has 1 fully saturated rings. The van der Waals surface area contributed by atoms with Gasteiger partial charge in [-0.15, -0.1) is 0 Å². The van der Waals surface area contributed by atoms with Gasteiger partial charge in [0.25, 0.3) is 12.0 Å². The number of pyridine rings is 1. The van der Waals surface area contributed by atoms with Gasteiger partial charge in [-0.1, -0.05) is 12.1 Å². The quantitative estimate of drug-likeness (QED) is 0.644. The largest absolute Gasteiger partial charge is 0.423 e. The molecule has 0 spiro atoms. The number of esters is 1. The summed E-state index contributed by atoms with van der Waals surface area (Å²) in [4.78, 5) is 11.2. The summed E-state index contributed by atoms with van der Waals surface area (Å²) >= 11 is 0. The van der Waals surface area contributed by atoms with E-state index in [2.05, 4.69) is 0 Å². The number of aromatic nitrogens is 1. The minimum atomic E-state index is -4.35. The molecule has 2 heterocycles. The zero-order chi connectivity index (χ0) is 16.4. The molecule has 0 bridgehead atoms. The summed E-state index contributed by atoms with van der Waals surface area (Å²) in [7, 11) is 0. The molecule has 0 radical (unpaired) electrons. The molecule has 1 unspecified atom stereocenters. The Balaban J connectivity index is 1.82. The summed E-state index contributed by atoms with van der Waals surface area (Å²) in [5.74, 6) is -0.445. The van der Waals surface area contributed by atoms with Gasteiger partial charge < -0.3 is 9.47 Å². The van der Waals surface area contributed by atoms with E-state index in [9.17, 15) is 18.0 Å². The summed E-state index contributed by atoms with van der Waals surface area (Å²) < 4.78 is 49.8. The van der Waals surface area contributed by atoms with Crippen LogP contribution in [-0.2, 0) is 27.0 Å². The van der Waals surface area contributed by atoms with Crippen molar-refractivity contribution in [3.63, 3.8) is 0 Å². The van der Waals surface area contributed by atoms with E-state index in [1.54, 1.807) is 29.0 Å². The average molecular weight is 324 g/mol. The fourth-order valence-corrected chi connectivity index (χ4v) is 2.32. The van der Waals surface area contributed by atoms with Gasteiger partial charge in [0.1, 0.15) is 6.61 Å².